The van der Waals surface area contributed by atoms with E-state index in [9.17, 15) is 27.2 Å². The molecule has 0 radical (unpaired) electrons. The van der Waals surface area contributed by atoms with Gasteiger partial charge in [-0.15, -0.1) is 13.2 Å². The Hall–Kier alpha value is -2.86. The topological polar surface area (TPSA) is 94.5 Å². The van der Waals surface area contributed by atoms with Crippen molar-refractivity contribution < 1.29 is 36.6 Å². The van der Waals surface area contributed by atoms with E-state index < -0.39 is 24.2 Å². The average molecular weight is 517 g/mol. The van der Waals surface area contributed by atoms with Crippen LogP contribution in [0.1, 0.15) is 42.5 Å². The smallest absolute Gasteiger partial charge is 0.484 e. The van der Waals surface area contributed by atoms with E-state index in [-0.39, 0.29) is 53.2 Å². The van der Waals surface area contributed by atoms with Crippen LogP contribution in [-0.2, 0) is 15.1 Å². The van der Waals surface area contributed by atoms with Crippen LogP contribution in [0.4, 0.5) is 17.6 Å². The highest BCUT2D eigenvalue weighted by molar-refractivity contribution is 6.30. The van der Waals surface area contributed by atoms with Gasteiger partial charge in [-0.2, -0.15) is 5.10 Å². The largest absolute Gasteiger partial charge is 0.522 e. The van der Waals surface area contributed by atoms with E-state index >= 15 is 0 Å². The lowest BCUT2D eigenvalue weighted by molar-refractivity contribution is -0.351. The zero-order valence-electron chi connectivity index (χ0n) is 18.2. The summed E-state index contributed by atoms with van der Waals surface area (Å²) in [5.41, 5.74) is -0.329. The number of hydrogen-bond donors (Lipinski definition) is 2. The number of nitrogens with one attached hydrogen (secondary N) is 2. The fraction of sp³-hybridized carbons (Fsp3) is 0.500. The summed E-state index contributed by atoms with van der Waals surface area (Å²) in [6, 6.07) is 3.55. The van der Waals surface area contributed by atoms with Gasteiger partial charge in [0.25, 0.3) is 11.8 Å². The molecular weight excluding hydrogens is 496 g/mol. The number of carbonyl (C=O) groups excluding carboxylic acids is 2. The molecule has 1 heterocycles. The number of benzene rings is 1. The molecule has 1 aromatic heterocycles. The molecule has 0 spiro atoms. The monoisotopic (exact) mass is 516 g/mol. The van der Waals surface area contributed by atoms with Crippen molar-refractivity contribution in [3.8, 4) is 5.75 Å². The lowest BCUT2D eigenvalue weighted by Gasteiger charge is -2.69. The molecule has 188 valence electrons. The van der Waals surface area contributed by atoms with Crippen molar-refractivity contribution in [3.05, 3.63) is 47.0 Å². The second kappa shape index (κ2) is 8.37. The van der Waals surface area contributed by atoms with Crippen LogP contribution < -0.4 is 15.4 Å². The van der Waals surface area contributed by atoms with Gasteiger partial charge in [-0.25, -0.2) is 4.39 Å². The maximum Gasteiger partial charge on any atom is 0.522 e. The Bertz CT molecular complexity index is 1140. The summed E-state index contributed by atoms with van der Waals surface area (Å²) < 4.78 is 61.0. The van der Waals surface area contributed by atoms with E-state index in [1.165, 1.54) is 18.3 Å². The number of alkyl halides is 3. The quantitative estimate of drug-likeness (QED) is 0.525. The summed E-state index contributed by atoms with van der Waals surface area (Å²) in [7, 11) is 0. The first-order chi connectivity index (χ1) is 16.4. The minimum atomic E-state index is -4.68. The number of nitrogens with zero attached hydrogens (tertiary/aromatic N) is 2. The molecule has 35 heavy (non-hydrogen) atoms. The Kier molecular flexibility index (Phi) is 5.71. The number of aromatic nitrogens is 2. The molecule has 4 fully saturated rings. The van der Waals surface area contributed by atoms with Gasteiger partial charge in [-0.3, -0.25) is 19.0 Å². The molecule has 0 aliphatic heterocycles. The molecule has 2 amide bonds. The standard InChI is InChI=1S/C22H21ClF4N4O4/c23-16-2-1-14(5-17(16)24)34-8-18(32)30-20-9-21(10-20,11-20)31-7-12(6-28-31)19(33)29-13-3-15(4-13)35-22(25,26)27/h1-2,5-7,13,15H,3-4,8-11H2,(H,29,33)(H,30,32). The highest BCUT2D eigenvalue weighted by atomic mass is 35.5. The Balaban J connectivity index is 1.06. The van der Waals surface area contributed by atoms with Crippen LogP contribution in [0.5, 0.6) is 5.75 Å². The number of rotatable bonds is 8. The first-order valence-electron chi connectivity index (χ1n) is 10.9. The summed E-state index contributed by atoms with van der Waals surface area (Å²) in [4.78, 5) is 24.7. The Morgan fingerprint density at radius 2 is 1.94 bits per heavy atom. The van der Waals surface area contributed by atoms with Gasteiger partial charge in [0.1, 0.15) is 11.6 Å². The second-order valence-corrected chi connectivity index (χ2v) is 9.86. The predicted molar refractivity (Wildman–Crippen MR) is 113 cm³/mol. The maximum atomic E-state index is 13.5. The molecular formula is C22H21ClF4N4O4. The molecule has 2 bridgehead atoms. The number of halogens is 5. The van der Waals surface area contributed by atoms with Crippen LogP contribution in [0.25, 0.3) is 0 Å². The molecule has 6 rings (SSSR count). The number of carbonyl (C=O) groups is 2. The first kappa shape index (κ1) is 23.9. The summed E-state index contributed by atoms with van der Waals surface area (Å²) in [6.45, 7) is -0.266. The molecule has 13 heteroatoms. The molecule has 4 aliphatic rings. The molecule has 4 saturated carbocycles. The SMILES string of the molecule is O=C(COc1ccc(Cl)c(F)c1)NC12CC(n3cc(C(=O)NC4CC(OC(F)(F)F)C4)cn3)(C1)C2. The molecule has 0 atom stereocenters. The van der Waals surface area contributed by atoms with Crippen LogP contribution in [0, 0.1) is 5.82 Å². The van der Waals surface area contributed by atoms with Gasteiger partial charge in [-0.1, -0.05) is 11.6 Å². The average Bonchev–Trinajstić information content (AvgIpc) is 3.18. The Morgan fingerprint density at radius 3 is 2.60 bits per heavy atom. The minimum absolute atomic E-state index is 0.0348. The van der Waals surface area contributed by atoms with Crippen LogP contribution in [0.15, 0.2) is 30.6 Å². The van der Waals surface area contributed by atoms with Crippen LogP contribution in [0.2, 0.25) is 5.02 Å². The third kappa shape index (κ3) is 4.81. The molecule has 1 aromatic carbocycles. The van der Waals surface area contributed by atoms with Gasteiger partial charge >= 0.3 is 6.36 Å². The van der Waals surface area contributed by atoms with E-state index in [4.69, 9.17) is 16.3 Å². The molecule has 0 saturated heterocycles. The van der Waals surface area contributed by atoms with Gasteiger partial charge in [-0.05, 0) is 44.2 Å². The molecule has 2 N–H and O–H groups in total. The van der Waals surface area contributed by atoms with E-state index in [1.807, 2.05) is 0 Å². The summed E-state index contributed by atoms with van der Waals surface area (Å²) in [6.07, 6.45) is -0.458. The van der Waals surface area contributed by atoms with Gasteiger partial charge in [0.15, 0.2) is 6.61 Å². The molecule has 2 aromatic rings. The van der Waals surface area contributed by atoms with Crippen LogP contribution in [-0.4, -0.2) is 52.2 Å². The summed E-state index contributed by atoms with van der Waals surface area (Å²) in [5.74, 6) is -1.17. The summed E-state index contributed by atoms with van der Waals surface area (Å²) in [5, 5.41) is 9.88. The molecule has 8 nitrogen and oxygen atoms in total. The number of amides is 2. The van der Waals surface area contributed by atoms with Gasteiger partial charge < -0.3 is 15.4 Å². The predicted octanol–water partition coefficient (Wildman–Crippen LogP) is 3.30. The van der Waals surface area contributed by atoms with Crippen molar-refractivity contribution in [2.24, 2.45) is 0 Å². The van der Waals surface area contributed by atoms with Crippen molar-refractivity contribution in [1.29, 1.82) is 0 Å². The van der Waals surface area contributed by atoms with Crippen LogP contribution in [0.3, 0.4) is 0 Å². The number of ether oxygens (including phenoxy) is 2. The lowest BCUT2D eigenvalue weighted by atomic mass is 9.44. The highest BCUT2D eigenvalue weighted by Crippen LogP contribution is 2.64. The maximum absolute atomic E-state index is 13.5. The Labute approximate surface area is 201 Å². The van der Waals surface area contributed by atoms with E-state index in [2.05, 4.69) is 20.5 Å². The molecule has 0 unspecified atom stereocenters. The van der Waals surface area contributed by atoms with Crippen LogP contribution >= 0.6 is 11.6 Å². The van der Waals surface area contributed by atoms with Gasteiger partial charge in [0, 0.05) is 23.8 Å². The van der Waals surface area contributed by atoms with E-state index in [0.29, 0.717) is 24.8 Å². The second-order valence-electron chi connectivity index (χ2n) is 9.45. The van der Waals surface area contributed by atoms with E-state index in [1.54, 1.807) is 10.9 Å². The number of hydrogen-bond acceptors (Lipinski definition) is 5. The normalized spacial score (nSPS) is 28.8. The summed E-state index contributed by atoms with van der Waals surface area (Å²) >= 11 is 5.62. The van der Waals surface area contributed by atoms with Crippen molar-refractivity contribution in [2.75, 3.05) is 6.61 Å². The first-order valence-corrected chi connectivity index (χ1v) is 11.3. The van der Waals surface area contributed by atoms with E-state index in [0.717, 1.165) is 6.07 Å². The fourth-order valence-corrected chi connectivity index (χ4v) is 5.21. The third-order valence-corrected chi connectivity index (χ3v) is 7.04. The van der Waals surface area contributed by atoms with Gasteiger partial charge in [0.05, 0.1) is 28.4 Å². The third-order valence-electron chi connectivity index (χ3n) is 6.73. The highest BCUT2D eigenvalue weighted by Gasteiger charge is 2.70. The molecule has 4 aliphatic carbocycles. The van der Waals surface area contributed by atoms with Gasteiger partial charge in [0.2, 0.25) is 0 Å². The zero-order chi connectivity index (χ0) is 25.0. The van der Waals surface area contributed by atoms with Crippen molar-refractivity contribution in [1.82, 2.24) is 20.4 Å². The van der Waals surface area contributed by atoms with Crippen molar-refractivity contribution in [2.45, 2.75) is 61.7 Å². The minimum Gasteiger partial charge on any atom is -0.484 e. The fourth-order valence-electron chi connectivity index (χ4n) is 5.09. The Morgan fingerprint density at radius 1 is 1.23 bits per heavy atom. The lowest BCUT2D eigenvalue weighted by Crippen LogP contribution is -2.79. The van der Waals surface area contributed by atoms with Crippen molar-refractivity contribution in [3.63, 3.8) is 0 Å². The van der Waals surface area contributed by atoms with Crippen molar-refractivity contribution >= 4 is 23.4 Å². The zero-order valence-corrected chi connectivity index (χ0v) is 19.0.